The van der Waals surface area contributed by atoms with Crippen LogP contribution >= 0.6 is 0 Å². The summed E-state index contributed by atoms with van der Waals surface area (Å²) < 4.78 is 0. The fraction of sp³-hybridized carbons (Fsp3) is 0.190. The fourth-order valence-corrected chi connectivity index (χ4v) is 3.34. The van der Waals surface area contributed by atoms with Crippen LogP contribution in [0, 0.1) is 0 Å². The largest absolute Gasteiger partial charge is 0.325 e. The summed E-state index contributed by atoms with van der Waals surface area (Å²) in [5.41, 5.74) is 3.60. The van der Waals surface area contributed by atoms with Gasteiger partial charge in [0.25, 0.3) is 5.91 Å². The molecule has 1 amide bonds. The highest BCUT2D eigenvalue weighted by Gasteiger charge is 2.26. The number of carbonyl (C=O) groups is 1. The van der Waals surface area contributed by atoms with Crippen molar-refractivity contribution in [3.8, 4) is 0 Å². The maximum Gasteiger partial charge on any atom is 0.278 e. The van der Waals surface area contributed by atoms with E-state index in [-0.39, 0.29) is 5.91 Å². The Morgan fingerprint density at radius 1 is 1.04 bits per heavy atom. The van der Waals surface area contributed by atoms with Crippen molar-refractivity contribution in [2.24, 2.45) is 0 Å². The summed E-state index contributed by atoms with van der Waals surface area (Å²) in [6, 6.07) is 18.0. The molecule has 0 spiro atoms. The molecular formula is C21H20N4O. The van der Waals surface area contributed by atoms with E-state index in [1.807, 2.05) is 48.5 Å². The van der Waals surface area contributed by atoms with Crippen LogP contribution in [-0.4, -0.2) is 29.0 Å². The van der Waals surface area contributed by atoms with Crippen LogP contribution < -0.4 is 9.80 Å². The second-order valence-electron chi connectivity index (χ2n) is 6.18. The van der Waals surface area contributed by atoms with Crippen LogP contribution in [0.5, 0.6) is 0 Å². The van der Waals surface area contributed by atoms with Crippen LogP contribution in [0.15, 0.2) is 67.0 Å². The summed E-state index contributed by atoms with van der Waals surface area (Å²) >= 11 is 0. The van der Waals surface area contributed by atoms with E-state index in [0.29, 0.717) is 12.2 Å². The van der Waals surface area contributed by atoms with Gasteiger partial charge in [-0.3, -0.25) is 4.79 Å². The smallest absolute Gasteiger partial charge is 0.278 e. The Morgan fingerprint density at radius 2 is 1.81 bits per heavy atom. The number of benzene rings is 2. The van der Waals surface area contributed by atoms with E-state index < -0.39 is 0 Å². The molecule has 0 saturated heterocycles. The molecule has 0 unspecified atom stereocenters. The van der Waals surface area contributed by atoms with E-state index >= 15 is 0 Å². The van der Waals surface area contributed by atoms with Crippen LogP contribution in [0.25, 0.3) is 0 Å². The van der Waals surface area contributed by atoms with Crippen LogP contribution in [0.3, 0.4) is 0 Å². The van der Waals surface area contributed by atoms with Crippen LogP contribution in [0.2, 0.25) is 0 Å². The summed E-state index contributed by atoms with van der Waals surface area (Å²) in [5, 5.41) is 0. The molecule has 5 nitrogen and oxygen atoms in total. The van der Waals surface area contributed by atoms with Crippen molar-refractivity contribution in [1.82, 2.24) is 9.97 Å². The third kappa shape index (κ3) is 2.92. The predicted molar refractivity (Wildman–Crippen MR) is 103 cm³/mol. The minimum atomic E-state index is -0.100. The molecule has 1 aromatic heterocycles. The lowest BCUT2D eigenvalue weighted by Crippen LogP contribution is -2.30. The second-order valence-corrected chi connectivity index (χ2v) is 6.18. The molecule has 0 aliphatic carbocycles. The molecule has 1 aliphatic rings. The van der Waals surface area contributed by atoms with Crippen molar-refractivity contribution < 1.29 is 4.79 Å². The van der Waals surface area contributed by atoms with Crippen LogP contribution in [0.4, 0.5) is 17.2 Å². The first kappa shape index (κ1) is 16.3. The molecule has 1 aliphatic heterocycles. The molecule has 0 saturated carbocycles. The normalized spacial score (nSPS) is 12.7. The number of hydrogen-bond acceptors (Lipinski definition) is 4. The third-order valence-corrected chi connectivity index (χ3v) is 4.65. The fourth-order valence-electron chi connectivity index (χ4n) is 3.34. The van der Waals surface area contributed by atoms with Gasteiger partial charge < -0.3 is 9.80 Å². The summed E-state index contributed by atoms with van der Waals surface area (Å²) in [4.78, 5) is 25.6. The van der Waals surface area contributed by atoms with Gasteiger partial charge in [0.1, 0.15) is 5.69 Å². The zero-order valence-electron chi connectivity index (χ0n) is 14.7. The molecular weight excluding hydrogens is 324 g/mol. The Balaban J connectivity index is 1.57. The number of aromatic nitrogens is 2. The highest BCUT2D eigenvalue weighted by molar-refractivity contribution is 6.05. The molecule has 0 atom stereocenters. The monoisotopic (exact) mass is 344 g/mol. The van der Waals surface area contributed by atoms with Gasteiger partial charge in [-0.1, -0.05) is 36.4 Å². The Bertz CT molecular complexity index is 909. The van der Waals surface area contributed by atoms with Gasteiger partial charge in [-0.05, 0) is 37.1 Å². The SMILES string of the molecule is CCN(c1ccccc1)c1cnc(C(=O)N2CCc3ccccc32)cn1. The topological polar surface area (TPSA) is 49.3 Å². The number of amides is 1. The van der Waals surface area contributed by atoms with Gasteiger partial charge in [-0.15, -0.1) is 0 Å². The van der Waals surface area contributed by atoms with E-state index in [9.17, 15) is 4.79 Å². The van der Waals surface area contributed by atoms with Gasteiger partial charge in [0.05, 0.1) is 12.4 Å². The maximum atomic E-state index is 12.8. The quantitative estimate of drug-likeness (QED) is 0.721. The van der Waals surface area contributed by atoms with Crippen molar-refractivity contribution in [1.29, 1.82) is 0 Å². The first-order valence-corrected chi connectivity index (χ1v) is 8.82. The Morgan fingerprint density at radius 3 is 2.54 bits per heavy atom. The summed E-state index contributed by atoms with van der Waals surface area (Å²) in [6.45, 7) is 3.52. The molecule has 3 aromatic rings. The minimum Gasteiger partial charge on any atom is -0.325 e. The number of hydrogen-bond donors (Lipinski definition) is 0. The van der Waals surface area contributed by atoms with Gasteiger partial charge in [0, 0.05) is 24.5 Å². The maximum absolute atomic E-state index is 12.8. The van der Waals surface area contributed by atoms with Crippen molar-refractivity contribution >= 4 is 23.1 Å². The summed E-state index contributed by atoms with van der Waals surface area (Å²) in [5.74, 6) is 0.633. The molecule has 0 radical (unpaired) electrons. The number of para-hydroxylation sites is 2. The molecule has 130 valence electrons. The van der Waals surface area contributed by atoms with Gasteiger partial charge in [0.15, 0.2) is 5.82 Å². The molecule has 0 fully saturated rings. The van der Waals surface area contributed by atoms with Gasteiger partial charge in [-0.2, -0.15) is 0 Å². The zero-order valence-corrected chi connectivity index (χ0v) is 14.7. The molecule has 0 bridgehead atoms. The number of fused-ring (bicyclic) bond motifs is 1. The van der Waals surface area contributed by atoms with E-state index in [1.54, 1.807) is 17.3 Å². The molecule has 2 aromatic carbocycles. The van der Waals surface area contributed by atoms with Crippen molar-refractivity contribution in [3.63, 3.8) is 0 Å². The van der Waals surface area contributed by atoms with E-state index in [1.165, 1.54) is 5.56 Å². The van der Waals surface area contributed by atoms with Gasteiger partial charge >= 0.3 is 0 Å². The van der Waals surface area contributed by atoms with E-state index in [0.717, 1.165) is 30.2 Å². The van der Waals surface area contributed by atoms with Crippen LogP contribution in [0.1, 0.15) is 23.0 Å². The first-order chi connectivity index (χ1) is 12.8. The van der Waals surface area contributed by atoms with Gasteiger partial charge in [0.2, 0.25) is 0 Å². The lowest BCUT2D eigenvalue weighted by atomic mass is 10.2. The lowest BCUT2D eigenvalue weighted by molar-refractivity contribution is 0.0984. The number of nitrogens with zero attached hydrogens (tertiary/aromatic N) is 4. The number of anilines is 3. The lowest BCUT2D eigenvalue weighted by Gasteiger charge is -2.22. The van der Waals surface area contributed by atoms with E-state index in [4.69, 9.17) is 0 Å². The minimum absolute atomic E-state index is 0.100. The Hall–Kier alpha value is -3.21. The van der Waals surface area contributed by atoms with Crippen molar-refractivity contribution in [3.05, 3.63) is 78.2 Å². The second kappa shape index (κ2) is 6.96. The molecule has 0 N–H and O–H groups in total. The van der Waals surface area contributed by atoms with Crippen molar-refractivity contribution in [2.75, 3.05) is 22.9 Å². The molecule has 5 heteroatoms. The molecule has 26 heavy (non-hydrogen) atoms. The van der Waals surface area contributed by atoms with Gasteiger partial charge in [-0.25, -0.2) is 9.97 Å². The van der Waals surface area contributed by atoms with Crippen molar-refractivity contribution in [2.45, 2.75) is 13.3 Å². The average Bonchev–Trinajstić information content (AvgIpc) is 3.13. The Labute approximate surface area is 152 Å². The van der Waals surface area contributed by atoms with Crippen LogP contribution in [-0.2, 0) is 6.42 Å². The zero-order chi connectivity index (χ0) is 17.9. The predicted octanol–water partition coefficient (Wildman–Crippen LogP) is 3.84. The number of rotatable bonds is 4. The summed E-state index contributed by atoms with van der Waals surface area (Å²) in [6.07, 6.45) is 4.13. The first-order valence-electron chi connectivity index (χ1n) is 8.82. The van der Waals surface area contributed by atoms with E-state index in [2.05, 4.69) is 27.9 Å². The Kier molecular flexibility index (Phi) is 4.35. The highest BCUT2D eigenvalue weighted by atomic mass is 16.2. The number of carbonyl (C=O) groups excluding carboxylic acids is 1. The molecule has 2 heterocycles. The average molecular weight is 344 g/mol. The third-order valence-electron chi connectivity index (χ3n) is 4.65. The standard InChI is InChI=1S/C21H20N4O/c1-2-24(17-9-4-3-5-10-17)20-15-22-18(14-23-20)21(26)25-13-12-16-8-6-7-11-19(16)25/h3-11,14-15H,2,12-13H2,1H3. The molecule has 4 rings (SSSR count). The summed E-state index contributed by atoms with van der Waals surface area (Å²) in [7, 11) is 0. The highest BCUT2D eigenvalue weighted by Crippen LogP contribution is 2.29.